The first-order chi connectivity index (χ1) is 5.88. The van der Waals surface area contributed by atoms with Gasteiger partial charge in [0.2, 0.25) is 0 Å². The van der Waals surface area contributed by atoms with Gasteiger partial charge in [-0.25, -0.2) is 4.98 Å². The molecule has 1 fully saturated rings. The van der Waals surface area contributed by atoms with E-state index in [1.807, 2.05) is 5.38 Å². The van der Waals surface area contributed by atoms with Crippen LogP contribution in [-0.4, -0.2) is 35.6 Å². The summed E-state index contributed by atoms with van der Waals surface area (Å²) in [5, 5.41) is 2.74. The van der Waals surface area contributed by atoms with Gasteiger partial charge in [0.1, 0.15) is 6.10 Å². The molecule has 0 N–H and O–H groups in total. The van der Waals surface area contributed by atoms with E-state index in [9.17, 15) is 0 Å². The number of likely N-dealkylation sites (N-methyl/N-ethyl adjacent to an activating group) is 1. The lowest BCUT2D eigenvalue weighted by molar-refractivity contribution is 0.0237. The van der Waals surface area contributed by atoms with Gasteiger partial charge in [0.15, 0.2) is 0 Å². The monoisotopic (exact) mass is 184 g/mol. The SMILES string of the molecule is CCN1CC(Oc2nccs2)C1. The van der Waals surface area contributed by atoms with Crippen molar-refractivity contribution >= 4 is 11.3 Å². The van der Waals surface area contributed by atoms with E-state index in [1.54, 1.807) is 17.5 Å². The minimum absolute atomic E-state index is 0.371. The molecule has 0 saturated carbocycles. The first kappa shape index (κ1) is 8.01. The zero-order chi connectivity index (χ0) is 8.39. The molecular formula is C8H12N2OS. The first-order valence-corrected chi connectivity index (χ1v) is 5.05. The van der Waals surface area contributed by atoms with Gasteiger partial charge in [-0.1, -0.05) is 18.3 Å². The van der Waals surface area contributed by atoms with E-state index >= 15 is 0 Å². The van der Waals surface area contributed by atoms with Crippen LogP contribution in [0.15, 0.2) is 11.6 Å². The standard InChI is InChI=1S/C8H12N2OS/c1-2-10-5-7(6-10)11-8-9-3-4-12-8/h3-4,7H,2,5-6H2,1H3. The Labute approximate surface area is 76.0 Å². The molecule has 0 unspecified atom stereocenters. The van der Waals surface area contributed by atoms with Crippen molar-refractivity contribution in [3.63, 3.8) is 0 Å². The van der Waals surface area contributed by atoms with Gasteiger partial charge < -0.3 is 4.74 Å². The molecule has 1 aromatic rings. The zero-order valence-corrected chi connectivity index (χ0v) is 7.88. The predicted molar refractivity (Wildman–Crippen MR) is 48.6 cm³/mol. The normalized spacial score (nSPS) is 19.1. The third-order valence-corrected chi connectivity index (χ3v) is 2.71. The van der Waals surface area contributed by atoms with Crippen LogP contribution >= 0.6 is 11.3 Å². The van der Waals surface area contributed by atoms with Crippen LogP contribution in [0.3, 0.4) is 0 Å². The third-order valence-electron chi connectivity index (χ3n) is 2.05. The Balaban J connectivity index is 1.77. The highest BCUT2D eigenvalue weighted by Gasteiger charge is 2.27. The summed E-state index contributed by atoms with van der Waals surface area (Å²) in [5.41, 5.74) is 0. The van der Waals surface area contributed by atoms with E-state index in [0.717, 1.165) is 24.8 Å². The molecule has 4 heteroatoms. The molecule has 3 nitrogen and oxygen atoms in total. The molecule has 0 aromatic carbocycles. The van der Waals surface area contributed by atoms with Gasteiger partial charge in [0.25, 0.3) is 5.19 Å². The molecule has 0 spiro atoms. The molecule has 0 atom stereocenters. The van der Waals surface area contributed by atoms with E-state index in [2.05, 4.69) is 16.8 Å². The molecule has 66 valence electrons. The van der Waals surface area contributed by atoms with Gasteiger partial charge in [-0.3, -0.25) is 4.90 Å². The Bertz CT molecular complexity index is 231. The minimum Gasteiger partial charge on any atom is -0.464 e. The van der Waals surface area contributed by atoms with Crippen molar-refractivity contribution in [2.24, 2.45) is 0 Å². The minimum atomic E-state index is 0.371. The summed E-state index contributed by atoms with van der Waals surface area (Å²) in [5.74, 6) is 0. The number of ether oxygens (including phenoxy) is 1. The van der Waals surface area contributed by atoms with E-state index in [0.29, 0.717) is 6.10 Å². The predicted octanol–water partition coefficient (Wildman–Crippen LogP) is 1.23. The van der Waals surface area contributed by atoms with Crippen molar-refractivity contribution in [2.75, 3.05) is 19.6 Å². The molecule has 2 rings (SSSR count). The maximum atomic E-state index is 5.59. The average molecular weight is 184 g/mol. The number of aromatic nitrogens is 1. The number of nitrogens with zero attached hydrogens (tertiary/aromatic N) is 2. The van der Waals surface area contributed by atoms with Crippen molar-refractivity contribution in [1.29, 1.82) is 0 Å². The van der Waals surface area contributed by atoms with Crippen LogP contribution < -0.4 is 4.74 Å². The number of likely N-dealkylation sites (tertiary alicyclic amines) is 1. The highest BCUT2D eigenvalue weighted by Crippen LogP contribution is 2.19. The molecular weight excluding hydrogens is 172 g/mol. The molecule has 1 aromatic heterocycles. The fraction of sp³-hybridized carbons (Fsp3) is 0.625. The van der Waals surface area contributed by atoms with Gasteiger partial charge in [0.05, 0.1) is 0 Å². The van der Waals surface area contributed by atoms with E-state index in [4.69, 9.17) is 4.74 Å². The second-order valence-electron chi connectivity index (χ2n) is 2.89. The van der Waals surface area contributed by atoms with Gasteiger partial charge >= 0.3 is 0 Å². The number of hydrogen-bond acceptors (Lipinski definition) is 4. The van der Waals surface area contributed by atoms with Crippen molar-refractivity contribution in [1.82, 2.24) is 9.88 Å². The van der Waals surface area contributed by atoms with Crippen molar-refractivity contribution in [3.8, 4) is 5.19 Å². The van der Waals surface area contributed by atoms with Gasteiger partial charge in [0, 0.05) is 24.7 Å². The van der Waals surface area contributed by atoms with E-state index < -0.39 is 0 Å². The summed E-state index contributed by atoms with van der Waals surface area (Å²) in [6.45, 7) is 5.39. The lowest BCUT2D eigenvalue weighted by Gasteiger charge is -2.37. The van der Waals surface area contributed by atoms with Crippen LogP contribution in [0.4, 0.5) is 0 Å². The van der Waals surface area contributed by atoms with Crippen molar-refractivity contribution < 1.29 is 4.74 Å². The van der Waals surface area contributed by atoms with Crippen LogP contribution in [0.25, 0.3) is 0 Å². The highest BCUT2D eigenvalue weighted by molar-refractivity contribution is 7.11. The van der Waals surface area contributed by atoms with Crippen LogP contribution in [0.2, 0.25) is 0 Å². The molecule has 12 heavy (non-hydrogen) atoms. The van der Waals surface area contributed by atoms with Gasteiger partial charge in [-0.15, -0.1) is 0 Å². The van der Waals surface area contributed by atoms with Crippen molar-refractivity contribution in [2.45, 2.75) is 13.0 Å². The fourth-order valence-electron chi connectivity index (χ4n) is 1.27. The quantitative estimate of drug-likeness (QED) is 0.706. The summed E-state index contributed by atoms with van der Waals surface area (Å²) >= 11 is 1.56. The molecule has 0 amide bonds. The van der Waals surface area contributed by atoms with Crippen LogP contribution in [0.1, 0.15) is 6.92 Å². The summed E-state index contributed by atoms with van der Waals surface area (Å²) in [7, 11) is 0. The molecule has 2 heterocycles. The van der Waals surface area contributed by atoms with Crippen LogP contribution in [0.5, 0.6) is 5.19 Å². The summed E-state index contributed by atoms with van der Waals surface area (Å²) in [6, 6.07) is 0. The van der Waals surface area contributed by atoms with E-state index in [1.165, 1.54) is 0 Å². The summed E-state index contributed by atoms with van der Waals surface area (Å²) in [4.78, 5) is 6.41. The molecule has 1 aliphatic heterocycles. The molecule has 0 bridgehead atoms. The number of thiazole rings is 1. The maximum absolute atomic E-state index is 5.59. The highest BCUT2D eigenvalue weighted by atomic mass is 32.1. The topological polar surface area (TPSA) is 25.4 Å². The Morgan fingerprint density at radius 3 is 3.17 bits per heavy atom. The number of rotatable bonds is 3. The summed E-state index contributed by atoms with van der Waals surface area (Å²) < 4.78 is 5.59. The fourth-order valence-corrected chi connectivity index (χ4v) is 1.82. The first-order valence-electron chi connectivity index (χ1n) is 4.17. The van der Waals surface area contributed by atoms with Crippen molar-refractivity contribution in [3.05, 3.63) is 11.6 Å². The Morgan fingerprint density at radius 1 is 1.75 bits per heavy atom. The average Bonchev–Trinajstić information content (AvgIpc) is 2.47. The van der Waals surface area contributed by atoms with Gasteiger partial charge in [-0.2, -0.15) is 0 Å². The molecule has 0 radical (unpaired) electrons. The van der Waals surface area contributed by atoms with Crippen LogP contribution in [0, 0.1) is 0 Å². The lowest BCUT2D eigenvalue weighted by atomic mass is 10.2. The second kappa shape index (κ2) is 3.41. The third kappa shape index (κ3) is 1.59. The largest absolute Gasteiger partial charge is 0.464 e. The zero-order valence-electron chi connectivity index (χ0n) is 7.06. The maximum Gasteiger partial charge on any atom is 0.273 e. The van der Waals surface area contributed by atoms with Crippen LogP contribution in [-0.2, 0) is 0 Å². The molecule has 1 saturated heterocycles. The Morgan fingerprint density at radius 2 is 2.58 bits per heavy atom. The smallest absolute Gasteiger partial charge is 0.273 e. The Kier molecular flexibility index (Phi) is 2.28. The number of hydrogen-bond donors (Lipinski definition) is 0. The second-order valence-corrected chi connectivity index (χ2v) is 3.75. The van der Waals surface area contributed by atoms with Gasteiger partial charge in [-0.05, 0) is 6.54 Å². The molecule has 0 aliphatic carbocycles. The molecule has 1 aliphatic rings. The lowest BCUT2D eigenvalue weighted by Crippen LogP contribution is -2.53. The van der Waals surface area contributed by atoms with E-state index in [-0.39, 0.29) is 0 Å². The summed E-state index contributed by atoms with van der Waals surface area (Å²) in [6.07, 6.45) is 2.15. The Hall–Kier alpha value is -0.610.